The van der Waals surface area contributed by atoms with Crippen molar-refractivity contribution in [2.45, 2.75) is 16.0 Å². The Morgan fingerprint density at radius 2 is 1.64 bits per heavy atom. The molecule has 4 aromatic rings. The Hall–Kier alpha value is -2.99. The minimum Gasteiger partial charge on any atom is -0.506 e. The van der Waals surface area contributed by atoms with Gasteiger partial charge in [-0.3, -0.25) is 4.98 Å². The van der Waals surface area contributed by atoms with Crippen LogP contribution >= 0.6 is 11.8 Å². The summed E-state index contributed by atoms with van der Waals surface area (Å²) in [5.74, 6) is 0.0802. The van der Waals surface area contributed by atoms with Gasteiger partial charge >= 0.3 is 6.18 Å². The molecule has 0 saturated carbocycles. The summed E-state index contributed by atoms with van der Waals surface area (Å²) in [6, 6.07) is 18.0. The highest BCUT2D eigenvalue weighted by Gasteiger charge is 2.30. The molecule has 0 saturated heterocycles. The molecule has 6 heteroatoms. The summed E-state index contributed by atoms with van der Waals surface area (Å²) in [6.45, 7) is 0. The highest BCUT2D eigenvalue weighted by atomic mass is 32.2. The summed E-state index contributed by atoms with van der Waals surface area (Å²) < 4.78 is 38.4. The third kappa shape index (κ3) is 3.55. The number of aromatic nitrogens is 1. The fourth-order valence-corrected chi connectivity index (χ4v) is 3.99. The zero-order valence-electron chi connectivity index (χ0n) is 14.4. The first-order valence-electron chi connectivity index (χ1n) is 8.44. The molecule has 0 spiro atoms. The molecule has 0 atom stereocenters. The Labute approximate surface area is 163 Å². The Morgan fingerprint density at radius 1 is 0.893 bits per heavy atom. The van der Waals surface area contributed by atoms with Gasteiger partial charge in [-0.05, 0) is 47.2 Å². The van der Waals surface area contributed by atoms with Crippen LogP contribution in [0.3, 0.4) is 0 Å². The van der Waals surface area contributed by atoms with Crippen molar-refractivity contribution in [3.63, 3.8) is 0 Å². The predicted molar refractivity (Wildman–Crippen MR) is 104 cm³/mol. The lowest BCUT2D eigenvalue weighted by Gasteiger charge is -2.14. The van der Waals surface area contributed by atoms with Crippen molar-refractivity contribution in [3.05, 3.63) is 84.7 Å². The second-order valence-corrected chi connectivity index (χ2v) is 7.27. The van der Waals surface area contributed by atoms with Gasteiger partial charge in [-0.25, -0.2) is 0 Å². The Balaban J connectivity index is 1.83. The molecular formula is C22H14F3NOS. The van der Waals surface area contributed by atoms with Crippen LogP contribution in [0.15, 0.2) is 88.9 Å². The summed E-state index contributed by atoms with van der Waals surface area (Å²) in [5, 5.41) is 12.7. The number of halogens is 3. The normalized spacial score (nSPS) is 11.7. The maximum absolute atomic E-state index is 12.8. The Kier molecular flexibility index (Phi) is 4.73. The van der Waals surface area contributed by atoms with Crippen LogP contribution in [0.4, 0.5) is 13.2 Å². The zero-order valence-corrected chi connectivity index (χ0v) is 15.3. The number of phenols is 1. The van der Waals surface area contributed by atoms with Gasteiger partial charge < -0.3 is 5.11 Å². The van der Waals surface area contributed by atoms with Crippen LogP contribution in [0.25, 0.3) is 21.9 Å². The van der Waals surface area contributed by atoms with Crippen LogP contribution in [0.2, 0.25) is 0 Å². The van der Waals surface area contributed by atoms with E-state index in [9.17, 15) is 18.3 Å². The van der Waals surface area contributed by atoms with Crippen LogP contribution in [0, 0.1) is 0 Å². The van der Waals surface area contributed by atoms with Crippen molar-refractivity contribution in [1.29, 1.82) is 0 Å². The van der Waals surface area contributed by atoms with Gasteiger partial charge in [0.2, 0.25) is 0 Å². The van der Waals surface area contributed by atoms with Gasteiger partial charge in [-0.15, -0.1) is 0 Å². The SMILES string of the molecule is Oc1c(-c2cccnc2)cc2ccccc2c1Sc1ccc(C(F)(F)F)cc1. The quantitative estimate of drug-likeness (QED) is 0.414. The average molecular weight is 397 g/mol. The van der Waals surface area contributed by atoms with E-state index in [1.807, 2.05) is 36.4 Å². The molecule has 3 aromatic carbocycles. The largest absolute Gasteiger partial charge is 0.506 e. The summed E-state index contributed by atoms with van der Waals surface area (Å²) in [7, 11) is 0. The number of rotatable bonds is 3. The molecule has 0 unspecified atom stereocenters. The minimum atomic E-state index is -4.38. The number of fused-ring (bicyclic) bond motifs is 1. The Bertz CT molecular complexity index is 1130. The third-order valence-electron chi connectivity index (χ3n) is 4.35. The highest BCUT2D eigenvalue weighted by Crippen LogP contribution is 2.45. The summed E-state index contributed by atoms with van der Waals surface area (Å²) in [6.07, 6.45) is -1.06. The number of benzene rings is 3. The van der Waals surface area contributed by atoms with Crippen molar-refractivity contribution >= 4 is 22.5 Å². The van der Waals surface area contributed by atoms with Gasteiger partial charge in [0, 0.05) is 28.4 Å². The molecule has 1 heterocycles. The molecule has 28 heavy (non-hydrogen) atoms. The first-order chi connectivity index (χ1) is 13.4. The highest BCUT2D eigenvalue weighted by molar-refractivity contribution is 7.99. The molecule has 0 amide bonds. The van der Waals surface area contributed by atoms with E-state index in [4.69, 9.17) is 0 Å². The van der Waals surface area contributed by atoms with Crippen LogP contribution in [0.5, 0.6) is 5.75 Å². The molecule has 0 bridgehead atoms. The van der Waals surface area contributed by atoms with Gasteiger partial charge in [-0.1, -0.05) is 42.1 Å². The number of pyridine rings is 1. The molecule has 4 rings (SSSR count). The molecule has 0 aliphatic carbocycles. The first kappa shape index (κ1) is 18.4. The monoisotopic (exact) mass is 397 g/mol. The number of hydrogen-bond acceptors (Lipinski definition) is 3. The van der Waals surface area contributed by atoms with Crippen LogP contribution in [-0.2, 0) is 6.18 Å². The molecule has 0 aliphatic heterocycles. The zero-order chi connectivity index (χ0) is 19.7. The van der Waals surface area contributed by atoms with E-state index in [0.29, 0.717) is 15.4 Å². The van der Waals surface area contributed by atoms with Crippen molar-refractivity contribution in [1.82, 2.24) is 4.98 Å². The van der Waals surface area contributed by atoms with Crippen molar-refractivity contribution in [2.75, 3.05) is 0 Å². The van der Waals surface area contributed by atoms with Crippen molar-refractivity contribution in [2.24, 2.45) is 0 Å². The fraction of sp³-hybridized carbons (Fsp3) is 0.0455. The maximum atomic E-state index is 12.8. The van der Waals surface area contributed by atoms with E-state index in [-0.39, 0.29) is 5.75 Å². The first-order valence-corrected chi connectivity index (χ1v) is 9.25. The smallest absolute Gasteiger partial charge is 0.416 e. The van der Waals surface area contributed by atoms with Gasteiger partial charge in [0.25, 0.3) is 0 Å². The lowest BCUT2D eigenvalue weighted by Crippen LogP contribution is -2.03. The molecule has 0 aliphatic rings. The number of nitrogens with zero attached hydrogens (tertiary/aromatic N) is 1. The van der Waals surface area contributed by atoms with E-state index in [1.165, 1.54) is 23.9 Å². The van der Waals surface area contributed by atoms with E-state index in [2.05, 4.69) is 4.98 Å². The van der Waals surface area contributed by atoms with Crippen molar-refractivity contribution in [3.8, 4) is 16.9 Å². The summed E-state index contributed by atoms with van der Waals surface area (Å²) in [4.78, 5) is 5.31. The lowest BCUT2D eigenvalue weighted by molar-refractivity contribution is -0.137. The number of phenolic OH excluding ortho intramolecular Hbond substituents is 1. The van der Waals surface area contributed by atoms with Gasteiger partial charge in [0.05, 0.1) is 10.5 Å². The van der Waals surface area contributed by atoms with Crippen molar-refractivity contribution < 1.29 is 18.3 Å². The molecule has 0 radical (unpaired) electrons. The molecule has 1 N–H and O–H groups in total. The van der Waals surface area contributed by atoms with E-state index < -0.39 is 11.7 Å². The standard InChI is InChI=1S/C22H14F3NOS/c23-22(24,25)16-7-9-17(10-8-16)28-21-18-6-2-1-4-14(18)12-19(20(21)27)15-5-3-11-26-13-15/h1-13,27H. The average Bonchev–Trinajstić information content (AvgIpc) is 2.70. The minimum absolute atomic E-state index is 0.0802. The molecule has 140 valence electrons. The summed E-state index contributed by atoms with van der Waals surface area (Å²) in [5.41, 5.74) is 0.691. The number of alkyl halides is 3. The van der Waals surface area contributed by atoms with Crippen LogP contribution < -0.4 is 0 Å². The van der Waals surface area contributed by atoms with Crippen LogP contribution in [-0.4, -0.2) is 10.1 Å². The molecule has 0 fully saturated rings. The Morgan fingerprint density at radius 3 is 2.32 bits per heavy atom. The second kappa shape index (κ2) is 7.20. The van der Waals surface area contributed by atoms with Gasteiger partial charge in [0.15, 0.2) is 0 Å². The van der Waals surface area contributed by atoms with E-state index >= 15 is 0 Å². The number of hydrogen-bond donors (Lipinski definition) is 1. The number of aromatic hydroxyl groups is 1. The predicted octanol–water partition coefficient (Wildman–Crippen LogP) is 6.78. The van der Waals surface area contributed by atoms with E-state index in [1.54, 1.807) is 18.5 Å². The van der Waals surface area contributed by atoms with Gasteiger partial charge in [0.1, 0.15) is 5.75 Å². The fourth-order valence-electron chi connectivity index (χ4n) is 2.98. The molecule has 2 nitrogen and oxygen atoms in total. The molecule has 1 aromatic heterocycles. The third-order valence-corrected chi connectivity index (χ3v) is 5.47. The maximum Gasteiger partial charge on any atom is 0.416 e. The molecular weight excluding hydrogens is 383 g/mol. The lowest BCUT2D eigenvalue weighted by atomic mass is 10.0. The second-order valence-electron chi connectivity index (χ2n) is 6.19. The topological polar surface area (TPSA) is 33.1 Å². The van der Waals surface area contributed by atoms with E-state index in [0.717, 1.165) is 28.5 Å². The van der Waals surface area contributed by atoms with Crippen LogP contribution in [0.1, 0.15) is 5.56 Å². The summed E-state index contributed by atoms with van der Waals surface area (Å²) >= 11 is 1.23. The van der Waals surface area contributed by atoms with Gasteiger partial charge in [-0.2, -0.15) is 13.2 Å².